The van der Waals surface area contributed by atoms with Crippen LogP contribution in [0.15, 0.2) is 24.3 Å². The van der Waals surface area contributed by atoms with Gasteiger partial charge in [0.15, 0.2) is 0 Å². The Morgan fingerprint density at radius 1 is 1.00 bits per heavy atom. The summed E-state index contributed by atoms with van der Waals surface area (Å²) in [7, 11) is 0. The highest BCUT2D eigenvalue weighted by Crippen LogP contribution is 2.22. The second-order valence-corrected chi connectivity index (χ2v) is 6.87. The third-order valence-electron chi connectivity index (χ3n) is 5.07. The molecule has 0 unspecified atom stereocenters. The molecule has 3 rings (SSSR count). The molecule has 2 amide bonds. The molecule has 1 N–H and O–H groups in total. The number of hydrogen-bond acceptors (Lipinski definition) is 2. The first-order chi connectivity index (χ1) is 11.1. The van der Waals surface area contributed by atoms with Crippen molar-refractivity contribution in [3.05, 3.63) is 35.4 Å². The lowest BCUT2D eigenvalue weighted by Crippen LogP contribution is -2.49. The fourth-order valence-corrected chi connectivity index (χ4v) is 3.69. The molecule has 1 saturated carbocycles. The molecule has 1 aromatic carbocycles. The van der Waals surface area contributed by atoms with Gasteiger partial charge < -0.3 is 10.2 Å². The van der Waals surface area contributed by atoms with Crippen LogP contribution in [-0.2, 0) is 4.79 Å². The van der Waals surface area contributed by atoms with Crippen molar-refractivity contribution in [2.45, 2.75) is 64.0 Å². The van der Waals surface area contributed by atoms with Gasteiger partial charge in [-0.1, -0.05) is 37.0 Å². The highest BCUT2D eigenvalue weighted by molar-refractivity contribution is 5.98. The summed E-state index contributed by atoms with van der Waals surface area (Å²) in [5.41, 5.74) is 1.81. The Hall–Kier alpha value is -1.84. The molecule has 1 aliphatic carbocycles. The molecule has 124 valence electrons. The molecule has 2 aliphatic rings. The first kappa shape index (κ1) is 16.0. The minimum Gasteiger partial charge on any atom is -0.352 e. The smallest absolute Gasteiger partial charge is 0.254 e. The van der Waals surface area contributed by atoms with E-state index in [2.05, 4.69) is 5.32 Å². The summed E-state index contributed by atoms with van der Waals surface area (Å²) in [5.74, 6) is 0.0150. The number of likely N-dealkylation sites (tertiary alicyclic amines) is 1. The molecule has 1 saturated heterocycles. The molecule has 1 atom stereocenters. The van der Waals surface area contributed by atoms with Crippen molar-refractivity contribution in [1.82, 2.24) is 10.2 Å². The number of nitrogens with one attached hydrogen (secondary N) is 1. The number of carbonyl (C=O) groups is 2. The molecule has 2 fully saturated rings. The average Bonchev–Trinajstić information content (AvgIpc) is 3.05. The molecule has 1 heterocycles. The van der Waals surface area contributed by atoms with Gasteiger partial charge in [-0.25, -0.2) is 0 Å². The Bertz CT molecular complexity index is 561. The normalized spacial score (nSPS) is 22.1. The molecule has 4 nitrogen and oxygen atoms in total. The zero-order valence-electron chi connectivity index (χ0n) is 13.9. The van der Waals surface area contributed by atoms with Crippen molar-refractivity contribution in [2.24, 2.45) is 0 Å². The van der Waals surface area contributed by atoms with Crippen molar-refractivity contribution < 1.29 is 9.59 Å². The summed E-state index contributed by atoms with van der Waals surface area (Å²) in [5, 5.41) is 3.17. The Morgan fingerprint density at radius 2 is 1.70 bits per heavy atom. The Labute approximate surface area is 138 Å². The van der Waals surface area contributed by atoms with Gasteiger partial charge in [0, 0.05) is 18.2 Å². The van der Waals surface area contributed by atoms with E-state index < -0.39 is 0 Å². The lowest BCUT2D eigenvalue weighted by atomic mass is 9.95. The number of amides is 2. The maximum absolute atomic E-state index is 12.7. The van der Waals surface area contributed by atoms with Gasteiger partial charge in [0.05, 0.1) is 0 Å². The molecular weight excluding hydrogens is 288 g/mol. The summed E-state index contributed by atoms with van der Waals surface area (Å²) in [4.78, 5) is 27.1. The van der Waals surface area contributed by atoms with Crippen molar-refractivity contribution in [2.75, 3.05) is 6.54 Å². The monoisotopic (exact) mass is 314 g/mol. The highest BCUT2D eigenvalue weighted by atomic mass is 16.2. The van der Waals surface area contributed by atoms with Crippen molar-refractivity contribution in [3.63, 3.8) is 0 Å². The second-order valence-electron chi connectivity index (χ2n) is 6.87. The van der Waals surface area contributed by atoms with E-state index in [0.717, 1.165) is 31.2 Å². The first-order valence-electron chi connectivity index (χ1n) is 8.83. The molecular formula is C19H26N2O2. The van der Waals surface area contributed by atoms with Crippen LogP contribution in [0.5, 0.6) is 0 Å². The van der Waals surface area contributed by atoms with E-state index in [0.29, 0.717) is 18.2 Å². The molecule has 0 bridgehead atoms. The number of aryl methyl sites for hydroxylation is 1. The van der Waals surface area contributed by atoms with Crippen molar-refractivity contribution in [3.8, 4) is 0 Å². The molecule has 23 heavy (non-hydrogen) atoms. The zero-order chi connectivity index (χ0) is 16.2. The van der Waals surface area contributed by atoms with E-state index >= 15 is 0 Å². The molecule has 0 aromatic heterocycles. The summed E-state index contributed by atoms with van der Waals surface area (Å²) in [6.45, 7) is 2.68. The minimum atomic E-state index is -0.300. The maximum Gasteiger partial charge on any atom is 0.254 e. The van der Waals surface area contributed by atoms with Gasteiger partial charge in [-0.15, -0.1) is 0 Å². The lowest BCUT2D eigenvalue weighted by Gasteiger charge is -2.28. The fourth-order valence-electron chi connectivity index (χ4n) is 3.69. The fraction of sp³-hybridized carbons (Fsp3) is 0.579. The Kier molecular flexibility index (Phi) is 4.99. The van der Waals surface area contributed by atoms with Gasteiger partial charge in [-0.2, -0.15) is 0 Å². The van der Waals surface area contributed by atoms with Crippen LogP contribution in [0.4, 0.5) is 0 Å². The van der Waals surface area contributed by atoms with Crippen LogP contribution < -0.4 is 5.32 Å². The Morgan fingerprint density at radius 3 is 2.39 bits per heavy atom. The van der Waals surface area contributed by atoms with Gasteiger partial charge in [-0.3, -0.25) is 9.59 Å². The second kappa shape index (κ2) is 7.16. The molecule has 1 aromatic rings. The van der Waals surface area contributed by atoms with Gasteiger partial charge in [-0.05, 0) is 44.7 Å². The van der Waals surface area contributed by atoms with Crippen LogP contribution in [0.1, 0.15) is 60.9 Å². The first-order valence-corrected chi connectivity index (χ1v) is 8.83. The van der Waals surface area contributed by atoms with Crippen molar-refractivity contribution >= 4 is 11.8 Å². The highest BCUT2D eigenvalue weighted by Gasteiger charge is 2.35. The van der Waals surface area contributed by atoms with E-state index in [1.165, 1.54) is 19.3 Å². The van der Waals surface area contributed by atoms with Crippen molar-refractivity contribution in [1.29, 1.82) is 0 Å². The predicted octanol–water partition coefficient (Wildman–Crippen LogP) is 3.05. The maximum atomic E-state index is 12.7. The molecule has 1 aliphatic heterocycles. The van der Waals surface area contributed by atoms with E-state index in [1.54, 1.807) is 4.90 Å². The van der Waals surface area contributed by atoms with Gasteiger partial charge in [0.1, 0.15) is 6.04 Å². The number of carbonyl (C=O) groups excluding carboxylic acids is 2. The van der Waals surface area contributed by atoms with Crippen LogP contribution in [0.25, 0.3) is 0 Å². The van der Waals surface area contributed by atoms with Crippen LogP contribution in [0.3, 0.4) is 0 Å². The number of rotatable bonds is 3. The molecule has 0 radical (unpaired) electrons. The number of hydrogen-bond donors (Lipinski definition) is 1. The van der Waals surface area contributed by atoms with Gasteiger partial charge in [0.2, 0.25) is 5.91 Å². The van der Waals surface area contributed by atoms with E-state index in [4.69, 9.17) is 0 Å². The summed E-state index contributed by atoms with van der Waals surface area (Å²) in [6, 6.07) is 7.60. The summed E-state index contributed by atoms with van der Waals surface area (Å²) >= 11 is 0. The third-order valence-corrected chi connectivity index (χ3v) is 5.07. The van der Waals surface area contributed by atoms with Crippen LogP contribution in [0, 0.1) is 6.92 Å². The number of benzene rings is 1. The minimum absolute atomic E-state index is 0.0219. The van der Waals surface area contributed by atoms with E-state index in [1.807, 2.05) is 31.2 Å². The third kappa shape index (κ3) is 3.74. The number of nitrogens with zero attached hydrogens (tertiary/aromatic N) is 1. The largest absolute Gasteiger partial charge is 0.352 e. The lowest BCUT2D eigenvalue weighted by molar-refractivity contribution is -0.125. The molecule has 0 spiro atoms. The standard InChI is InChI=1S/C19H26N2O2/c1-14-9-11-15(12-10-14)19(23)21-13-5-8-17(21)18(22)20-16-6-3-2-4-7-16/h9-12,16-17H,2-8,13H2,1H3,(H,20,22)/t17-/m0/s1. The zero-order valence-corrected chi connectivity index (χ0v) is 13.9. The quantitative estimate of drug-likeness (QED) is 0.932. The van der Waals surface area contributed by atoms with E-state index in [9.17, 15) is 9.59 Å². The van der Waals surface area contributed by atoms with Crippen LogP contribution in [-0.4, -0.2) is 35.3 Å². The Balaban J connectivity index is 1.65. The van der Waals surface area contributed by atoms with Crippen LogP contribution in [0.2, 0.25) is 0 Å². The SMILES string of the molecule is Cc1ccc(C(=O)N2CCC[C@H]2C(=O)NC2CCCCC2)cc1. The van der Waals surface area contributed by atoms with Gasteiger partial charge in [0.25, 0.3) is 5.91 Å². The average molecular weight is 314 g/mol. The van der Waals surface area contributed by atoms with Gasteiger partial charge >= 0.3 is 0 Å². The summed E-state index contributed by atoms with van der Waals surface area (Å²) in [6.07, 6.45) is 7.49. The van der Waals surface area contributed by atoms with Crippen LogP contribution >= 0.6 is 0 Å². The van der Waals surface area contributed by atoms with E-state index in [-0.39, 0.29) is 17.9 Å². The molecule has 4 heteroatoms. The predicted molar refractivity (Wildman–Crippen MR) is 90.3 cm³/mol. The summed E-state index contributed by atoms with van der Waals surface area (Å²) < 4.78 is 0. The topological polar surface area (TPSA) is 49.4 Å².